The van der Waals surface area contributed by atoms with Gasteiger partial charge in [-0.2, -0.15) is 5.10 Å². The molecular weight excluding hydrogens is 252 g/mol. The van der Waals surface area contributed by atoms with Gasteiger partial charge in [0.2, 0.25) is 0 Å². The Hall–Kier alpha value is -2.56. The molecule has 1 aliphatic rings. The van der Waals surface area contributed by atoms with Crippen LogP contribution in [-0.4, -0.2) is 20.3 Å². The van der Waals surface area contributed by atoms with Crippen LogP contribution in [0.5, 0.6) is 5.75 Å². The average molecular weight is 266 g/mol. The van der Waals surface area contributed by atoms with Crippen LogP contribution in [-0.2, 0) is 0 Å². The minimum absolute atomic E-state index is 0.238. The number of nitrogens with zero attached hydrogens (tertiary/aromatic N) is 2. The highest BCUT2D eigenvalue weighted by Crippen LogP contribution is 2.42. The summed E-state index contributed by atoms with van der Waals surface area (Å²) in [5.74, 6) is 1.22. The Morgan fingerprint density at radius 3 is 2.85 bits per heavy atom. The van der Waals surface area contributed by atoms with Crippen molar-refractivity contribution in [3.63, 3.8) is 0 Å². The van der Waals surface area contributed by atoms with Crippen LogP contribution in [0.1, 0.15) is 24.5 Å². The molecule has 0 bridgehead atoms. The van der Waals surface area contributed by atoms with Gasteiger partial charge in [-0.05, 0) is 42.2 Å². The van der Waals surface area contributed by atoms with Gasteiger partial charge in [0.15, 0.2) is 11.5 Å². The molecule has 5 nitrogen and oxygen atoms in total. The topological polar surface area (TPSA) is 87.8 Å². The molecule has 0 saturated heterocycles. The van der Waals surface area contributed by atoms with Gasteiger partial charge >= 0.3 is 0 Å². The predicted molar refractivity (Wildman–Crippen MR) is 77.4 cm³/mol. The van der Waals surface area contributed by atoms with Gasteiger partial charge in [0.05, 0.1) is 5.39 Å². The van der Waals surface area contributed by atoms with Gasteiger partial charge in [0, 0.05) is 11.6 Å². The van der Waals surface area contributed by atoms with Crippen LogP contribution in [0, 0.1) is 0 Å². The van der Waals surface area contributed by atoms with E-state index in [0.29, 0.717) is 17.4 Å². The number of pyridine rings is 1. The van der Waals surface area contributed by atoms with E-state index in [9.17, 15) is 5.11 Å². The molecule has 100 valence electrons. The minimum atomic E-state index is 0.238. The van der Waals surface area contributed by atoms with E-state index >= 15 is 0 Å². The van der Waals surface area contributed by atoms with Crippen LogP contribution in [0.25, 0.3) is 22.2 Å². The van der Waals surface area contributed by atoms with Crippen LogP contribution < -0.4 is 5.73 Å². The molecule has 2 aromatic heterocycles. The first-order chi connectivity index (χ1) is 9.72. The van der Waals surface area contributed by atoms with Gasteiger partial charge < -0.3 is 10.8 Å². The Balaban J connectivity index is 2.02. The molecule has 0 spiro atoms. The molecule has 0 atom stereocenters. The predicted octanol–water partition coefficient (Wildman–Crippen LogP) is 2.79. The first-order valence-corrected chi connectivity index (χ1v) is 6.66. The SMILES string of the molecule is Nc1n[nH]c2nc(C3CC3)cc(-c3cccc(O)c3)c12. The first-order valence-electron chi connectivity index (χ1n) is 6.66. The highest BCUT2D eigenvalue weighted by atomic mass is 16.3. The summed E-state index contributed by atoms with van der Waals surface area (Å²) in [6.45, 7) is 0. The molecule has 0 aliphatic heterocycles. The maximum absolute atomic E-state index is 9.69. The van der Waals surface area contributed by atoms with E-state index in [1.807, 2.05) is 12.1 Å². The molecule has 0 unspecified atom stereocenters. The second-order valence-electron chi connectivity index (χ2n) is 5.25. The van der Waals surface area contributed by atoms with E-state index in [0.717, 1.165) is 22.2 Å². The highest BCUT2D eigenvalue weighted by molar-refractivity contribution is 6.00. The number of aromatic hydroxyl groups is 1. The number of nitrogen functional groups attached to an aromatic ring is 1. The molecule has 20 heavy (non-hydrogen) atoms. The van der Waals surface area contributed by atoms with Crippen molar-refractivity contribution in [1.29, 1.82) is 0 Å². The number of phenols is 1. The van der Waals surface area contributed by atoms with Crippen molar-refractivity contribution in [3.8, 4) is 16.9 Å². The number of H-pyrrole nitrogens is 1. The van der Waals surface area contributed by atoms with Crippen molar-refractivity contribution in [2.45, 2.75) is 18.8 Å². The van der Waals surface area contributed by atoms with Crippen molar-refractivity contribution < 1.29 is 5.11 Å². The van der Waals surface area contributed by atoms with Gasteiger partial charge in [-0.1, -0.05) is 12.1 Å². The average Bonchev–Trinajstić information content (AvgIpc) is 3.23. The molecule has 1 aliphatic carbocycles. The molecule has 3 aromatic rings. The third-order valence-electron chi connectivity index (χ3n) is 3.73. The Kier molecular flexibility index (Phi) is 2.24. The fourth-order valence-corrected chi connectivity index (χ4v) is 2.56. The zero-order valence-corrected chi connectivity index (χ0v) is 10.8. The minimum Gasteiger partial charge on any atom is -0.508 e. The lowest BCUT2D eigenvalue weighted by Gasteiger charge is -2.07. The number of nitrogens with one attached hydrogen (secondary N) is 1. The number of hydrogen-bond acceptors (Lipinski definition) is 4. The van der Waals surface area contributed by atoms with Crippen molar-refractivity contribution in [2.75, 3.05) is 5.73 Å². The van der Waals surface area contributed by atoms with Crippen molar-refractivity contribution in [2.24, 2.45) is 0 Å². The molecule has 1 saturated carbocycles. The number of aromatic amines is 1. The molecule has 4 N–H and O–H groups in total. The molecule has 2 heterocycles. The van der Waals surface area contributed by atoms with E-state index in [1.165, 1.54) is 12.8 Å². The monoisotopic (exact) mass is 266 g/mol. The molecule has 5 heteroatoms. The Labute approximate surface area is 115 Å². The third-order valence-corrected chi connectivity index (χ3v) is 3.73. The number of phenolic OH excluding ortho intramolecular Hbond substituents is 1. The molecule has 4 rings (SSSR count). The van der Waals surface area contributed by atoms with Gasteiger partial charge in [0.25, 0.3) is 0 Å². The fourth-order valence-electron chi connectivity index (χ4n) is 2.56. The summed E-state index contributed by atoms with van der Waals surface area (Å²) < 4.78 is 0. The Morgan fingerprint density at radius 1 is 1.25 bits per heavy atom. The number of fused-ring (bicyclic) bond motifs is 1. The normalized spacial score (nSPS) is 14.8. The highest BCUT2D eigenvalue weighted by Gasteiger charge is 2.27. The summed E-state index contributed by atoms with van der Waals surface area (Å²) >= 11 is 0. The molecule has 1 fully saturated rings. The number of benzene rings is 1. The Bertz CT molecular complexity index is 805. The van der Waals surface area contributed by atoms with Crippen LogP contribution in [0.15, 0.2) is 30.3 Å². The van der Waals surface area contributed by atoms with Crippen LogP contribution in [0.2, 0.25) is 0 Å². The number of rotatable bonds is 2. The van der Waals surface area contributed by atoms with Gasteiger partial charge in [-0.15, -0.1) is 0 Å². The summed E-state index contributed by atoms with van der Waals surface area (Å²) in [4.78, 5) is 4.61. The molecule has 0 radical (unpaired) electrons. The smallest absolute Gasteiger partial charge is 0.158 e. The number of hydrogen-bond donors (Lipinski definition) is 3. The number of anilines is 1. The number of nitrogens with two attached hydrogens (primary N) is 1. The summed E-state index contributed by atoms with van der Waals surface area (Å²) in [5, 5.41) is 17.4. The lowest BCUT2D eigenvalue weighted by molar-refractivity contribution is 0.475. The van der Waals surface area contributed by atoms with E-state index in [1.54, 1.807) is 12.1 Å². The quantitative estimate of drug-likeness (QED) is 0.665. The zero-order chi connectivity index (χ0) is 13.7. The fraction of sp³-hybridized carbons (Fsp3) is 0.200. The van der Waals surface area contributed by atoms with E-state index < -0.39 is 0 Å². The lowest BCUT2D eigenvalue weighted by Crippen LogP contribution is -1.92. The first kappa shape index (κ1) is 11.3. The zero-order valence-electron chi connectivity index (χ0n) is 10.8. The standard InChI is InChI=1S/C15H14N4O/c16-14-13-11(9-2-1-3-10(20)6-9)7-12(8-4-5-8)17-15(13)19-18-14/h1-3,6-8,20H,4-5H2,(H3,16,17,18,19). The number of aromatic nitrogens is 3. The van der Waals surface area contributed by atoms with Gasteiger partial charge in [-0.3, -0.25) is 5.10 Å². The largest absolute Gasteiger partial charge is 0.508 e. The van der Waals surface area contributed by atoms with E-state index in [-0.39, 0.29) is 5.75 Å². The molecule has 0 amide bonds. The lowest BCUT2D eigenvalue weighted by atomic mass is 10.0. The summed E-state index contributed by atoms with van der Waals surface area (Å²) in [7, 11) is 0. The summed E-state index contributed by atoms with van der Waals surface area (Å²) in [5.41, 5.74) is 9.63. The van der Waals surface area contributed by atoms with Crippen molar-refractivity contribution in [1.82, 2.24) is 15.2 Å². The molecular formula is C15H14N4O. The van der Waals surface area contributed by atoms with Crippen LogP contribution in [0.4, 0.5) is 5.82 Å². The Morgan fingerprint density at radius 2 is 2.10 bits per heavy atom. The van der Waals surface area contributed by atoms with E-state index in [4.69, 9.17) is 5.73 Å². The van der Waals surface area contributed by atoms with Gasteiger partial charge in [-0.25, -0.2) is 4.98 Å². The third kappa shape index (κ3) is 1.71. The second-order valence-corrected chi connectivity index (χ2v) is 5.25. The van der Waals surface area contributed by atoms with Crippen LogP contribution in [0.3, 0.4) is 0 Å². The van der Waals surface area contributed by atoms with Crippen LogP contribution >= 0.6 is 0 Å². The van der Waals surface area contributed by atoms with Crippen molar-refractivity contribution in [3.05, 3.63) is 36.0 Å². The van der Waals surface area contributed by atoms with Gasteiger partial charge in [0.1, 0.15) is 5.75 Å². The summed E-state index contributed by atoms with van der Waals surface area (Å²) in [6, 6.07) is 9.24. The van der Waals surface area contributed by atoms with E-state index in [2.05, 4.69) is 21.2 Å². The maximum Gasteiger partial charge on any atom is 0.158 e. The second kappa shape index (κ2) is 3.96. The summed E-state index contributed by atoms with van der Waals surface area (Å²) in [6.07, 6.45) is 2.36. The maximum atomic E-state index is 9.69. The molecule has 1 aromatic carbocycles. The van der Waals surface area contributed by atoms with Crippen molar-refractivity contribution >= 4 is 16.9 Å².